The van der Waals surface area contributed by atoms with Crippen LogP contribution in [0.2, 0.25) is 0 Å². The second kappa shape index (κ2) is 7.38. The molecule has 0 amide bonds. The van der Waals surface area contributed by atoms with E-state index in [4.69, 9.17) is 0 Å². The summed E-state index contributed by atoms with van der Waals surface area (Å²) in [4.78, 5) is 9.00. The van der Waals surface area contributed by atoms with Crippen molar-refractivity contribution in [1.29, 1.82) is 5.26 Å². The Morgan fingerprint density at radius 1 is 1.00 bits per heavy atom. The van der Waals surface area contributed by atoms with Gasteiger partial charge in [0.15, 0.2) is 0 Å². The first kappa shape index (κ1) is 16.3. The van der Waals surface area contributed by atoms with Gasteiger partial charge in [-0.1, -0.05) is 18.2 Å². The van der Waals surface area contributed by atoms with Crippen LogP contribution < -0.4 is 4.90 Å². The lowest BCUT2D eigenvalue weighted by molar-refractivity contribution is 0.249. The average Bonchev–Trinajstić information content (AvgIpc) is 3.18. The smallest absolute Gasteiger partial charge is 0.146 e. The van der Waals surface area contributed by atoms with E-state index in [1.165, 1.54) is 5.56 Å². The summed E-state index contributed by atoms with van der Waals surface area (Å²) >= 11 is 0. The maximum absolute atomic E-state index is 9.26. The van der Waals surface area contributed by atoms with Gasteiger partial charge in [-0.3, -0.25) is 4.90 Å². The highest BCUT2D eigenvalue weighted by Gasteiger charge is 2.20. The first-order chi connectivity index (χ1) is 12.8. The molecule has 0 atom stereocenters. The second-order valence-electron chi connectivity index (χ2n) is 6.38. The summed E-state index contributed by atoms with van der Waals surface area (Å²) in [6, 6.07) is 16.0. The molecule has 0 saturated carbocycles. The maximum atomic E-state index is 9.26. The third-order valence-electron chi connectivity index (χ3n) is 4.64. The van der Waals surface area contributed by atoms with Gasteiger partial charge >= 0.3 is 0 Å². The minimum absolute atomic E-state index is 0.644. The molecule has 26 heavy (non-hydrogen) atoms. The first-order valence-electron chi connectivity index (χ1n) is 8.75. The quantitative estimate of drug-likeness (QED) is 0.728. The van der Waals surface area contributed by atoms with Crippen LogP contribution in [0.3, 0.4) is 0 Å². The van der Waals surface area contributed by atoms with Crippen LogP contribution in [0.25, 0.3) is 5.69 Å². The van der Waals surface area contributed by atoms with E-state index < -0.39 is 0 Å². The number of nitrogens with zero attached hydrogens (tertiary/aromatic N) is 6. The van der Waals surface area contributed by atoms with Crippen molar-refractivity contribution in [3.8, 4) is 11.8 Å². The van der Waals surface area contributed by atoms with E-state index >= 15 is 0 Å². The van der Waals surface area contributed by atoms with Crippen LogP contribution >= 0.6 is 0 Å². The molecule has 0 aliphatic carbocycles. The van der Waals surface area contributed by atoms with Crippen LogP contribution in [0.4, 0.5) is 5.82 Å². The fourth-order valence-electron chi connectivity index (χ4n) is 3.28. The number of pyridine rings is 1. The van der Waals surface area contributed by atoms with Crippen molar-refractivity contribution >= 4 is 5.82 Å². The molecule has 6 nitrogen and oxygen atoms in total. The first-order valence-corrected chi connectivity index (χ1v) is 8.75. The van der Waals surface area contributed by atoms with Crippen LogP contribution in [0.1, 0.15) is 11.1 Å². The predicted octanol–water partition coefficient (Wildman–Crippen LogP) is 2.46. The summed E-state index contributed by atoms with van der Waals surface area (Å²) in [7, 11) is 0. The molecule has 130 valence electrons. The molecule has 0 spiro atoms. The van der Waals surface area contributed by atoms with Crippen LogP contribution in [0, 0.1) is 11.3 Å². The van der Waals surface area contributed by atoms with Crippen molar-refractivity contribution in [1.82, 2.24) is 19.7 Å². The fraction of sp³-hybridized carbons (Fsp3) is 0.250. The Morgan fingerprint density at radius 2 is 1.81 bits per heavy atom. The molecule has 0 N–H and O–H groups in total. The molecule has 0 unspecified atom stereocenters. The van der Waals surface area contributed by atoms with Crippen LogP contribution in [0.5, 0.6) is 0 Å². The normalized spacial score (nSPS) is 15.0. The highest BCUT2D eigenvalue weighted by atomic mass is 15.3. The number of hydrogen-bond donors (Lipinski definition) is 0. The van der Waals surface area contributed by atoms with Gasteiger partial charge in [0.2, 0.25) is 0 Å². The lowest BCUT2D eigenvalue weighted by atomic mass is 10.2. The number of benzene rings is 1. The third kappa shape index (κ3) is 3.44. The van der Waals surface area contributed by atoms with Crippen LogP contribution in [-0.2, 0) is 6.54 Å². The Labute approximate surface area is 152 Å². The summed E-state index contributed by atoms with van der Waals surface area (Å²) < 4.78 is 1.92. The standard InChI is InChI=1S/C20H20N6/c21-13-18-5-4-8-22-20(18)25-11-9-24(10-12-25)15-17-14-23-26(16-17)19-6-2-1-3-7-19/h1-8,14,16H,9-12,15H2. The molecule has 1 aliphatic heterocycles. The van der Waals surface area contributed by atoms with E-state index in [-0.39, 0.29) is 0 Å². The molecule has 0 radical (unpaired) electrons. The van der Waals surface area contributed by atoms with Gasteiger partial charge in [0.25, 0.3) is 0 Å². The Bertz CT molecular complexity index is 903. The van der Waals surface area contributed by atoms with Gasteiger partial charge in [-0.05, 0) is 24.3 Å². The zero-order valence-electron chi connectivity index (χ0n) is 14.5. The maximum Gasteiger partial charge on any atom is 0.146 e. The third-order valence-corrected chi connectivity index (χ3v) is 4.64. The summed E-state index contributed by atoms with van der Waals surface area (Å²) in [6.07, 6.45) is 5.78. The van der Waals surface area contributed by atoms with E-state index in [2.05, 4.69) is 44.3 Å². The Balaban J connectivity index is 1.37. The van der Waals surface area contributed by atoms with E-state index in [1.807, 2.05) is 41.2 Å². The fourth-order valence-corrected chi connectivity index (χ4v) is 3.28. The molecule has 1 aliphatic rings. The Kier molecular flexibility index (Phi) is 4.63. The van der Waals surface area contributed by atoms with Crippen LogP contribution in [-0.4, -0.2) is 45.8 Å². The summed E-state index contributed by atoms with van der Waals surface area (Å²) in [6.45, 7) is 4.51. The number of aromatic nitrogens is 3. The van der Waals surface area contributed by atoms with Crippen LogP contribution in [0.15, 0.2) is 61.1 Å². The Morgan fingerprint density at radius 3 is 2.58 bits per heavy atom. The van der Waals surface area contributed by atoms with E-state index in [1.54, 1.807) is 6.20 Å². The number of hydrogen-bond acceptors (Lipinski definition) is 5. The zero-order chi connectivity index (χ0) is 17.8. The molecule has 1 fully saturated rings. The second-order valence-corrected chi connectivity index (χ2v) is 6.38. The number of anilines is 1. The van der Waals surface area contributed by atoms with E-state index in [0.29, 0.717) is 5.56 Å². The van der Waals surface area contributed by atoms with E-state index in [9.17, 15) is 5.26 Å². The molecule has 0 bridgehead atoms. The predicted molar refractivity (Wildman–Crippen MR) is 100 cm³/mol. The number of para-hydroxylation sites is 1. The monoisotopic (exact) mass is 344 g/mol. The molecule has 6 heteroatoms. The average molecular weight is 344 g/mol. The molecule has 2 aromatic heterocycles. The largest absolute Gasteiger partial charge is 0.353 e. The van der Waals surface area contributed by atoms with Gasteiger partial charge in [-0.15, -0.1) is 0 Å². The van der Waals surface area contributed by atoms with Crippen molar-refractivity contribution in [3.63, 3.8) is 0 Å². The number of rotatable bonds is 4. The molecule has 1 aromatic carbocycles. The SMILES string of the molecule is N#Cc1cccnc1N1CCN(Cc2cnn(-c3ccccc3)c2)CC1. The highest BCUT2D eigenvalue weighted by molar-refractivity contribution is 5.53. The molecule has 1 saturated heterocycles. The topological polar surface area (TPSA) is 61.0 Å². The van der Waals surface area contributed by atoms with Gasteiger partial charge in [0.1, 0.15) is 11.9 Å². The van der Waals surface area contributed by atoms with Crippen molar-refractivity contribution in [3.05, 3.63) is 72.2 Å². The molecular formula is C20H20N6. The van der Waals surface area contributed by atoms with Crippen molar-refractivity contribution in [2.75, 3.05) is 31.1 Å². The number of nitriles is 1. The summed E-state index contributed by atoms with van der Waals surface area (Å²) in [5.74, 6) is 0.798. The lowest BCUT2D eigenvalue weighted by Gasteiger charge is -2.35. The minimum Gasteiger partial charge on any atom is -0.353 e. The van der Waals surface area contributed by atoms with Gasteiger partial charge in [0.05, 0.1) is 17.4 Å². The molecule has 3 aromatic rings. The molecule has 4 rings (SSSR count). The minimum atomic E-state index is 0.644. The van der Waals surface area contributed by atoms with Crippen molar-refractivity contribution in [2.24, 2.45) is 0 Å². The van der Waals surface area contributed by atoms with Crippen molar-refractivity contribution in [2.45, 2.75) is 6.54 Å². The van der Waals surface area contributed by atoms with Gasteiger partial charge in [-0.25, -0.2) is 9.67 Å². The highest BCUT2D eigenvalue weighted by Crippen LogP contribution is 2.19. The number of piperazine rings is 1. The van der Waals surface area contributed by atoms with Gasteiger partial charge < -0.3 is 4.90 Å². The van der Waals surface area contributed by atoms with Gasteiger partial charge in [0, 0.05) is 50.7 Å². The zero-order valence-corrected chi connectivity index (χ0v) is 14.5. The molecular weight excluding hydrogens is 324 g/mol. The summed E-state index contributed by atoms with van der Waals surface area (Å²) in [5, 5.41) is 13.7. The summed E-state index contributed by atoms with van der Waals surface area (Å²) in [5.41, 5.74) is 2.92. The van der Waals surface area contributed by atoms with E-state index in [0.717, 1.165) is 44.2 Å². The van der Waals surface area contributed by atoms with Crippen molar-refractivity contribution < 1.29 is 0 Å². The Hall–Kier alpha value is -3.17. The van der Waals surface area contributed by atoms with Gasteiger partial charge in [-0.2, -0.15) is 10.4 Å². The molecule has 3 heterocycles. The lowest BCUT2D eigenvalue weighted by Crippen LogP contribution is -2.46.